The molecular weight excluding hydrogens is 511 g/mol. The summed E-state index contributed by atoms with van der Waals surface area (Å²) in [5.41, 5.74) is 8.98. The average Bonchev–Trinajstić information content (AvgIpc) is 3.29. The highest BCUT2D eigenvalue weighted by atomic mass is 32.1. The number of allylic oxidation sites excluding steroid dienone is 1. The van der Waals surface area contributed by atoms with Crippen LogP contribution in [0, 0.1) is 12.8 Å². The molecule has 0 unspecified atom stereocenters. The van der Waals surface area contributed by atoms with Crippen LogP contribution in [0.25, 0.3) is 27.4 Å². The van der Waals surface area contributed by atoms with Gasteiger partial charge in [-0.3, -0.25) is 0 Å². The molecule has 4 aromatic rings. The van der Waals surface area contributed by atoms with E-state index in [1.54, 1.807) is 29.8 Å². The van der Waals surface area contributed by atoms with Crippen molar-refractivity contribution < 1.29 is 27.8 Å². The van der Waals surface area contributed by atoms with Gasteiger partial charge in [0.05, 0.1) is 15.7 Å². The maximum Gasteiger partial charge on any atom is 0.573 e. The summed E-state index contributed by atoms with van der Waals surface area (Å²) in [5, 5.41) is 8.97. The number of carboxylic acid groups (broad SMARTS) is 1. The number of hydrogen-bond acceptors (Lipinski definition) is 4. The second-order valence-corrected chi connectivity index (χ2v) is 10.2. The van der Waals surface area contributed by atoms with Gasteiger partial charge in [0.25, 0.3) is 0 Å². The molecule has 0 saturated heterocycles. The van der Waals surface area contributed by atoms with Crippen LogP contribution >= 0.6 is 11.3 Å². The minimum Gasteiger partial charge on any atom is -0.478 e. The monoisotopic (exact) mass is 535 g/mol. The van der Waals surface area contributed by atoms with Gasteiger partial charge in [0.15, 0.2) is 0 Å². The van der Waals surface area contributed by atoms with E-state index in [4.69, 9.17) is 5.11 Å². The van der Waals surface area contributed by atoms with Crippen LogP contribution in [0.2, 0.25) is 0 Å². The standard InChI is InChI=1S/C30H24F3NO3S/c1-18-15-23(37-30(31,32)33)11-12-24(18)29(20-3-2-4-20)28(22-10-13-26-25(16-22)34-17-38-26)21-8-5-19(6-9-21)7-14-27(35)36/h5-17,20H,2-4H2,1H3,(H,35,36)/b14-7+,29-28+. The molecule has 1 aromatic heterocycles. The van der Waals surface area contributed by atoms with E-state index in [2.05, 4.69) is 21.9 Å². The first-order valence-corrected chi connectivity index (χ1v) is 13.0. The Morgan fingerprint density at radius 1 is 1.05 bits per heavy atom. The van der Waals surface area contributed by atoms with Crippen LogP contribution in [0.5, 0.6) is 5.75 Å². The molecule has 8 heteroatoms. The second kappa shape index (κ2) is 10.5. The van der Waals surface area contributed by atoms with Crippen molar-refractivity contribution in [1.82, 2.24) is 4.98 Å². The third-order valence-corrected chi connectivity index (χ3v) is 7.55. The highest BCUT2D eigenvalue weighted by molar-refractivity contribution is 7.16. The van der Waals surface area contributed by atoms with Crippen LogP contribution in [0.3, 0.4) is 0 Å². The molecule has 1 aliphatic rings. The first-order chi connectivity index (χ1) is 18.2. The van der Waals surface area contributed by atoms with Gasteiger partial charge in [-0.2, -0.15) is 0 Å². The lowest BCUT2D eigenvalue weighted by molar-refractivity contribution is -0.274. The number of alkyl halides is 3. The van der Waals surface area contributed by atoms with Crippen LogP contribution in [-0.2, 0) is 4.79 Å². The first-order valence-electron chi connectivity index (χ1n) is 12.1. The summed E-state index contributed by atoms with van der Waals surface area (Å²) in [7, 11) is 0. The van der Waals surface area contributed by atoms with E-state index in [1.165, 1.54) is 18.2 Å². The number of aryl methyl sites for hydroxylation is 1. The predicted molar refractivity (Wildman–Crippen MR) is 144 cm³/mol. The summed E-state index contributed by atoms with van der Waals surface area (Å²) < 4.78 is 43.8. The largest absolute Gasteiger partial charge is 0.573 e. The molecule has 1 fully saturated rings. The summed E-state index contributed by atoms with van der Waals surface area (Å²) in [6.45, 7) is 1.80. The number of ether oxygens (including phenoxy) is 1. The molecule has 0 radical (unpaired) electrons. The first kappa shape index (κ1) is 25.7. The highest BCUT2D eigenvalue weighted by Gasteiger charge is 2.32. The average molecular weight is 536 g/mol. The summed E-state index contributed by atoms with van der Waals surface area (Å²) >= 11 is 1.56. The van der Waals surface area contributed by atoms with Crippen molar-refractivity contribution in [1.29, 1.82) is 0 Å². The van der Waals surface area contributed by atoms with E-state index in [-0.39, 0.29) is 11.7 Å². The van der Waals surface area contributed by atoms with Crippen LogP contribution in [-0.4, -0.2) is 22.4 Å². The topological polar surface area (TPSA) is 59.4 Å². The molecule has 1 N–H and O–H groups in total. The van der Waals surface area contributed by atoms with Crippen LogP contribution in [0.1, 0.15) is 47.1 Å². The molecular formula is C30H24F3NO3S. The number of fused-ring (bicyclic) bond motifs is 1. The Morgan fingerprint density at radius 3 is 2.42 bits per heavy atom. The van der Waals surface area contributed by atoms with Crippen molar-refractivity contribution >= 4 is 44.7 Å². The number of thiazole rings is 1. The molecule has 194 valence electrons. The second-order valence-electron chi connectivity index (χ2n) is 9.27. The minimum absolute atomic E-state index is 0.244. The fourth-order valence-electron chi connectivity index (χ4n) is 4.81. The summed E-state index contributed by atoms with van der Waals surface area (Å²) in [6.07, 6.45) is 0.920. The van der Waals surface area contributed by atoms with Crippen molar-refractivity contribution in [2.45, 2.75) is 32.5 Å². The highest BCUT2D eigenvalue weighted by Crippen LogP contribution is 2.46. The quantitative estimate of drug-likeness (QED) is 0.191. The maximum atomic E-state index is 12.9. The molecule has 4 nitrogen and oxygen atoms in total. The number of aromatic nitrogens is 1. The third-order valence-electron chi connectivity index (χ3n) is 6.74. The molecule has 0 spiro atoms. The lowest BCUT2D eigenvalue weighted by Gasteiger charge is -2.32. The predicted octanol–water partition coefficient (Wildman–Crippen LogP) is 8.36. The van der Waals surface area contributed by atoms with E-state index in [0.29, 0.717) is 5.56 Å². The SMILES string of the molecule is Cc1cc(OC(F)(F)F)ccc1/C(=C(\c1ccc(/C=C/C(=O)O)cc1)c1ccc2scnc2c1)C1CCC1. The molecule has 5 rings (SSSR count). The number of halogens is 3. The number of hydrogen-bond donors (Lipinski definition) is 1. The number of nitrogens with zero attached hydrogens (tertiary/aromatic N) is 1. The van der Waals surface area contributed by atoms with Gasteiger partial charge in [-0.15, -0.1) is 24.5 Å². The normalized spacial score (nSPS) is 14.9. The smallest absolute Gasteiger partial charge is 0.478 e. The molecule has 1 aliphatic carbocycles. The lowest BCUT2D eigenvalue weighted by atomic mass is 9.72. The van der Waals surface area contributed by atoms with Gasteiger partial charge in [-0.25, -0.2) is 9.78 Å². The molecule has 1 saturated carbocycles. The Morgan fingerprint density at radius 2 is 1.79 bits per heavy atom. The molecule has 0 bridgehead atoms. The Hall–Kier alpha value is -3.91. The van der Waals surface area contributed by atoms with E-state index in [9.17, 15) is 18.0 Å². The maximum absolute atomic E-state index is 12.9. The lowest BCUT2D eigenvalue weighted by Crippen LogP contribution is -2.18. The zero-order valence-corrected chi connectivity index (χ0v) is 21.3. The number of carboxylic acids is 1. The summed E-state index contributed by atoms with van der Waals surface area (Å²) in [5.74, 6) is -1.02. The van der Waals surface area contributed by atoms with E-state index < -0.39 is 12.3 Å². The molecule has 38 heavy (non-hydrogen) atoms. The molecule has 0 aliphatic heterocycles. The van der Waals surface area contributed by atoms with Gasteiger partial charge in [-0.1, -0.05) is 42.8 Å². The zero-order valence-electron chi connectivity index (χ0n) is 20.5. The van der Waals surface area contributed by atoms with Gasteiger partial charge < -0.3 is 9.84 Å². The van der Waals surface area contributed by atoms with E-state index in [0.717, 1.165) is 69.0 Å². The van der Waals surface area contributed by atoms with E-state index in [1.807, 2.05) is 30.3 Å². The summed E-state index contributed by atoms with van der Waals surface area (Å²) in [6, 6.07) is 18.3. The van der Waals surface area contributed by atoms with Crippen molar-refractivity contribution in [3.8, 4) is 5.75 Å². The molecule has 0 amide bonds. The fraction of sp³-hybridized carbons (Fsp3) is 0.200. The van der Waals surface area contributed by atoms with Crippen molar-refractivity contribution in [3.05, 3.63) is 100 Å². The van der Waals surface area contributed by atoms with Crippen LogP contribution in [0.15, 0.2) is 72.3 Å². The van der Waals surface area contributed by atoms with Crippen molar-refractivity contribution in [2.24, 2.45) is 5.92 Å². The summed E-state index contributed by atoms with van der Waals surface area (Å²) in [4.78, 5) is 15.4. The third kappa shape index (κ3) is 5.65. The Balaban J connectivity index is 1.71. The number of aliphatic carboxylic acids is 1. The molecule has 0 atom stereocenters. The van der Waals surface area contributed by atoms with E-state index >= 15 is 0 Å². The molecule has 3 aromatic carbocycles. The van der Waals surface area contributed by atoms with Gasteiger partial charge in [0, 0.05) is 6.08 Å². The van der Waals surface area contributed by atoms with Crippen LogP contribution in [0.4, 0.5) is 13.2 Å². The number of benzene rings is 3. The fourth-order valence-corrected chi connectivity index (χ4v) is 5.47. The Bertz CT molecular complexity index is 1550. The minimum atomic E-state index is -4.76. The van der Waals surface area contributed by atoms with Crippen LogP contribution < -0.4 is 4.74 Å². The van der Waals surface area contributed by atoms with Crippen molar-refractivity contribution in [3.63, 3.8) is 0 Å². The van der Waals surface area contributed by atoms with Crippen molar-refractivity contribution in [2.75, 3.05) is 0 Å². The number of rotatable bonds is 7. The Labute approximate surface area is 221 Å². The van der Waals surface area contributed by atoms with Gasteiger partial charge >= 0.3 is 12.3 Å². The number of carbonyl (C=O) groups is 1. The Kier molecular flexibility index (Phi) is 7.08. The van der Waals surface area contributed by atoms with Gasteiger partial charge in [0.2, 0.25) is 0 Å². The van der Waals surface area contributed by atoms with Gasteiger partial charge in [0.1, 0.15) is 5.75 Å². The molecule has 1 heterocycles. The van der Waals surface area contributed by atoms with Gasteiger partial charge in [-0.05, 0) is 95.0 Å². The zero-order chi connectivity index (χ0) is 26.9.